The van der Waals surface area contributed by atoms with Gasteiger partial charge in [0.25, 0.3) is 0 Å². The van der Waals surface area contributed by atoms with Gasteiger partial charge in [-0.1, -0.05) is 60.7 Å². The Morgan fingerprint density at radius 3 is 2.44 bits per heavy atom. The van der Waals surface area contributed by atoms with Crippen molar-refractivity contribution in [1.82, 2.24) is 15.0 Å². The number of nitrogens with zero attached hydrogens (tertiary/aromatic N) is 1. The summed E-state index contributed by atoms with van der Waals surface area (Å²) in [5.74, 6) is 0. The zero-order valence-corrected chi connectivity index (χ0v) is 19.0. The number of rotatable bonds is 10. The second-order valence-corrected chi connectivity index (χ2v) is 8.98. The summed E-state index contributed by atoms with van der Waals surface area (Å²) in [6.45, 7) is 1.24. The molecule has 0 aliphatic rings. The van der Waals surface area contributed by atoms with E-state index in [-0.39, 0.29) is 11.4 Å². The van der Waals surface area contributed by atoms with Crippen LogP contribution in [0.5, 0.6) is 0 Å². The Balaban J connectivity index is 1.36. The SMILES string of the molecule is O=S(=O)(NCCNC/C=C/C=C/C=C/c1ccc(C(F)(F)F)cc1)c1cccc2cnccc12. The van der Waals surface area contributed by atoms with Crippen LogP contribution in [0.4, 0.5) is 13.2 Å². The number of hydrogen-bond acceptors (Lipinski definition) is 4. The molecule has 0 saturated heterocycles. The molecule has 0 amide bonds. The lowest BCUT2D eigenvalue weighted by molar-refractivity contribution is -0.137. The summed E-state index contributed by atoms with van der Waals surface area (Å²) >= 11 is 0. The third kappa shape index (κ3) is 7.38. The molecular formula is C25H24F3N3O2S. The summed E-state index contributed by atoms with van der Waals surface area (Å²) in [5.41, 5.74) is 0.000418. The predicted octanol–water partition coefficient (Wildman–Crippen LogP) is 4.95. The number of aromatic nitrogens is 1. The lowest BCUT2D eigenvalue weighted by Gasteiger charge is -2.09. The van der Waals surface area contributed by atoms with E-state index in [9.17, 15) is 21.6 Å². The van der Waals surface area contributed by atoms with Crippen molar-refractivity contribution in [1.29, 1.82) is 0 Å². The third-order valence-electron chi connectivity index (χ3n) is 4.78. The summed E-state index contributed by atoms with van der Waals surface area (Å²) in [4.78, 5) is 4.24. The van der Waals surface area contributed by atoms with E-state index in [1.807, 2.05) is 18.2 Å². The first-order chi connectivity index (χ1) is 16.3. The largest absolute Gasteiger partial charge is 0.416 e. The van der Waals surface area contributed by atoms with Crippen LogP contribution in [0.2, 0.25) is 0 Å². The minimum Gasteiger partial charge on any atom is -0.312 e. The van der Waals surface area contributed by atoms with Crippen molar-refractivity contribution in [2.45, 2.75) is 11.1 Å². The van der Waals surface area contributed by atoms with Crippen molar-refractivity contribution < 1.29 is 21.6 Å². The molecule has 2 aromatic carbocycles. The average Bonchev–Trinajstić information content (AvgIpc) is 2.82. The zero-order valence-electron chi connectivity index (χ0n) is 18.2. The number of alkyl halides is 3. The fourth-order valence-corrected chi connectivity index (χ4v) is 4.35. The average molecular weight is 488 g/mol. The molecule has 5 nitrogen and oxygen atoms in total. The Morgan fingerprint density at radius 1 is 0.912 bits per heavy atom. The first-order valence-electron chi connectivity index (χ1n) is 10.5. The van der Waals surface area contributed by atoms with Crippen LogP contribution in [0.1, 0.15) is 11.1 Å². The molecule has 3 rings (SSSR count). The standard InChI is InChI=1S/C25H24F3N3O2S/c26-25(27,28)22-12-10-20(11-13-22)7-4-2-1-3-5-15-29-17-18-31-34(32,33)24-9-6-8-21-19-30-16-14-23(21)24/h1-14,16,19,29,31H,15,17-18H2/b2-1+,5-3+,7-4+. The molecule has 0 spiro atoms. The van der Waals surface area contributed by atoms with Crippen molar-refractivity contribution in [3.05, 3.63) is 102 Å². The fourth-order valence-electron chi connectivity index (χ4n) is 3.09. The minimum atomic E-state index is -4.33. The van der Waals surface area contributed by atoms with Gasteiger partial charge in [0.05, 0.1) is 10.5 Å². The minimum absolute atomic E-state index is 0.224. The number of hydrogen-bond donors (Lipinski definition) is 2. The van der Waals surface area contributed by atoms with Crippen LogP contribution in [0.3, 0.4) is 0 Å². The highest BCUT2D eigenvalue weighted by molar-refractivity contribution is 7.89. The van der Waals surface area contributed by atoms with Gasteiger partial charge in [0.2, 0.25) is 10.0 Å². The predicted molar refractivity (Wildman–Crippen MR) is 129 cm³/mol. The summed E-state index contributed by atoms with van der Waals surface area (Å²) < 4.78 is 65.4. The van der Waals surface area contributed by atoms with E-state index in [0.717, 1.165) is 17.5 Å². The van der Waals surface area contributed by atoms with E-state index in [1.165, 1.54) is 12.1 Å². The molecule has 3 aromatic rings. The van der Waals surface area contributed by atoms with Crippen molar-refractivity contribution >= 4 is 26.9 Å². The molecule has 9 heteroatoms. The van der Waals surface area contributed by atoms with Gasteiger partial charge in [-0.2, -0.15) is 13.2 Å². The van der Waals surface area contributed by atoms with Crippen molar-refractivity contribution in [3.8, 4) is 0 Å². The number of halogens is 3. The summed E-state index contributed by atoms with van der Waals surface area (Å²) in [5, 5.41) is 4.50. The molecule has 0 bridgehead atoms. The molecule has 34 heavy (non-hydrogen) atoms. The molecule has 1 aromatic heterocycles. The van der Waals surface area contributed by atoms with Crippen molar-refractivity contribution in [3.63, 3.8) is 0 Å². The topological polar surface area (TPSA) is 71.1 Å². The van der Waals surface area contributed by atoms with Crippen LogP contribution in [0.15, 0.2) is 96.2 Å². The first kappa shape index (κ1) is 25.4. The second kappa shape index (κ2) is 11.7. The van der Waals surface area contributed by atoms with Gasteiger partial charge in [0.15, 0.2) is 0 Å². The molecule has 0 aliphatic carbocycles. The lowest BCUT2D eigenvalue weighted by atomic mass is 10.1. The lowest BCUT2D eigenvalue weighted by Crippen LogP contribution is -2.32. The molecule has 2 N–H and O–H groups in total. The quantitative estimate of drug-likeness (QED) is 0.314. The van der Waals surface area contributed by atoms with Crippen LogP contribution in [0, 0.1) is 0 Å². The Hall–Kier alpha value is -3.27. The van der Waals surface area contributed by atoms with Gasteiger partial charge in [-0.3, -0.25) is 4.98 Å². The van der Waals surface area contributed by atoms with Gasteiger partial charge in [0, 0.05) is 42.8 Å². The van der Waals surface area contributed by atoms with Crippen LogP contribution in [0.25, 0.3) is 16.8 Å². The molecule has 0 aliphatic heterocycles. The maximum atomic E-state index is 12.6. The van der Waals surface area contributed by atoms with E-state index in [4.69, 9.17) is 0 Å². The van der Waals surface area contributed by atoms with Gasteiger partial charge >= 0.3 is 6.18 Å². The van der Waals surface area contributed by atoms with E-state index in [1.54, 1.807) is 54.9 Å². The van der Waals surface area contributed by atoms with E-state index in [0.29, 0.717) is 24.0 Å². The normalized spacial score (nSPS) is 13.0. The number of pyridine rings is 1. The molecule has 0 radical (unpaired) electrons. The van der Waals surface area contributed by atoms with Gasteiger partial charge < -0.3 is 5.32 Å². The molecule has 178 valence electrons. The van der Waals surface area contributed by atoms with Gasteiger partial charge in [-0.25, -0.2) is 13.1 Å². The smallest absolute Gasteiger partial charge is 0.312 e. The molecular weight excluding hydrogens is 463 g/mol. The van der Waals surface area contributed by atoms with Crippen LogP contribution < -0.4 is 10.0 Å². The molecule has 0 fully saturated rings. The summed E-state index contributed by atoms with van der Waals surface area (Å²) in [6.07, 6.45) is 9.55. The Kier molecular flexibility index (Phi) is 8.75. The zero-order chi connectivity index (χ0) is 24.4. The maximum Gasteiger partial charge on any atom is 0.416 e. The second-order valence-electron chi connectivity index (χ2n) is 7.25. The van der Waals surface area contributed by atoms with E-state index in [2.05, 4.69) is 15.0 Å². The third-order valence-corrected chi connectivity index (χ3v) is 6.30. The molecule has 0 atom stereocenters. The summed E-state index contributed by atoms with van der Waals surface area (Å²) in [6, 6.07) is 11.7. The Labute approximate surface area is 196 Å². The van der Waals surface area contributed by atoms with Gasteiger partial charge in [-0.05, 0) is 29.8 Å². The van der Waals surface area contributed by atoms with Crippen LogP contribution in [-0.2, 0) is 16.2 Å². The Morgan fingerprint density at radius 2 is 1.68 bits per heavy atom. The van der Waals surface area contributed by atoms with E-state index >= 15 is 0 Å². The van der Waals surface area contributed by atoms with Gasteiger partial charge in [-0.15, -0.1) is 0 Å². The first-order valence-corrected chi connectivity index (χ1v) is 12.0. The number of allylic oxidation sites excluding steroid dienone is 4. The maximum absolute atomic E-state index is 12.6. The number of nitrogens with one attached hydrogen (secondary N) is 2. The van der Waals surface area contributed by atoms with Gasteiger partial charge in [0.1, 0.15) is 0 Å². The summed E-state index contributed by atoms with van der Waals surface area (Å²) in [7, 11) is -3.64. The number of fused-ring (bicyclic) bond motifs is 1. The molecule has 0 unspecified atom stereocenters. The van der Waals surface area contributed by atoms with E-state index < -0.39 is 21.8 Å². The van der Waals surface area contributed by atoms with Crippen molar-refractivity contribution in [2.24, 2.45) is 0 Å². The van der Waals surface area contributed by atoms with Crippen molar-refractivity contribution in [2.75, 3.05) is 19.6 Å². The number of benzene rings is 2. The highest BCUT2D eigenvalue weighted by atomic mass is 32.2. The molecule has 0 saturated carbocycles. The highest BCUT2D eigenvalue weighted by Gasteiger charge is 2.29. The molecule has 1 heterocycles. The number of sulfonamides is 1. The monoisotopic (exact) mass is 487 g/mol. The van der Waals surface area contributed by atoms with Crippen LogP contribution in [-0.4, -0.2) is 33.0 Å². The highest BCUT2D eigenvalue weighted by Crippen LogP contribution is 2.29. The fraction of sp³-hybridized carbons (Fsp3) is 0.160. The van der Waals surface area contributed by atoms with Crippen LogP contribution >= 0.6 is 0 Å². The Bertz CT molecular complexity index is 1280.